The molecule has 0 saturated heterocycles. The average molecular weight is 102 g/mol. The van der Waals surface area contributed by atoms with Crippen LogP contribution < -0.4 is 22.5 Å². The third-order valence-corrected chi connectivity index (χ3v) is 0.262. The summed E-state index contributed by atoms with van der Waals surface area (Å²) < 4.78 is 0. The van der Waals surface area contributed by atoms with Gasteiger partial charge in [0.15, 0.2) is 0 Å². The zero-order chi connectivity index (χ0) is 4.99. The number of amides is 2. The Balaban J connectivity index is 0. The van der Waals surface area contributed by atoms with Crippen LogP contribution in [-0.4, -0.2) is 6.03 Å². The highest BCUT2D eigenvalue weighted by molar-refractivity contribution is 5.72. The second kappa shape index (κ2) is 5.19. The van der Waals surface area contributed by atoms with Crippen molar-refractivity contribution < 1.29 is 4.79 Å². The summed E-state index contributed by atoms with van der Waals surface area (Å²) in [7, 11) is 0. The van der Waals surface area contributed by atoms with Crippen LogP contribution in [0, 0.1) is 7.43 Å². The highest BCUT2D eigenvalue weighted by atomic mass is 16.2. The van der Waals surface area contributed by atoms with Gasteiger partial charge in [-0.3, -0.25) is 10.9 Å². The number of carbonyl (C=O) groups excluding carboxylic acids is 1. The highest BCUT2D eigenvalue weighted by Crippen LogP contribution is 1.42. The van der Waals surface area contributed by atoms with Gasteiger partial charge in [-0.1, -0.05) is 0 Å². The molecule has 0 atom stereocenters. The first-order valence-electron chi connectivity index (χ1n) is 1.28. The smallest absolute Gasteiger partial charge is 0.275 e. The third kappa shape index (κ3) is 5.19. The van der Waals surface area contributed by atoms with Crippen molar-refractivity contribution in [3.05, 3.63) is 7.43 Å². The van der Waals surface area contributed by atoms with Gasteiger partial charge in [-0.2, -0.15) is 0 Å². The second-order valence-electron chi connectivity index (χ2n) is 0.618. The standard InChI is InChI=1S/CH6N4O.C/c2-4-1(6)5-3;/h2-3H2,(H2,4,5,6);. The van der Waals surface area contributed by atoms with Crippen LogP contribution >= 0.6 is 0 Å². The summed E-state index contributed by atoms with van der Waals surface area (Å²) in [4.78, 5) is 9.71. The predicted molar refractivity (Wildman–Crippen MR) is 23.3 cm³/mol. The molecule has 0 aliphatic heterocycles. The van der Waals surface area contributed by atoms with E-state index in [0.717, 1.165) is 0 Å². The molecule has 5 nitrogen and oxygen atoms in total. The summed E-state index contributed by atoms with van der Waals surface area (Å²) in [6.07, 6.45) is 0. The van der Waals surface area contributed by atoms with E-state index in [2.05, 4.69) is 11.7 Å². The molecule has 0 saturated carbocycles. The summed E-state index contributed by atoms with van der Waals surface area (Å²) in [5.41, 5.74) is 3.48. The first-order valence-corrected chi connectivity index (χ1v) is 1.28. The summed E-state index contributed by atoms with van der Waals surface area (Å²) in [5, 5.41) is 0. The Morgan fingerprint density at radius 3 is 1.57 bits per heavy atom. The number of nitrogens with one attached hydrogen (secondary N) is 2. The third-order valence-electron chi connectivity index (χ3n) is 0.262. The lowest BCUT2D eigenvalue weighted by molar-refractivity contribution is 0.241. The van der Waals surface area contributed by atoms with E-state index in [0.29, 0.717) is 0 Å². The van der Waals surface area contributed by atoms with Gasteiger partial charge in [-0.25, -0.2) is 16.5 Å². The first-order chi connectivity index (χ1) is 2.81. The molecular formula is C2H6N4O. The maximum Gasteiger partial charge on any atom is 0.343 e. The van der Waals surface area contributed by atoms with Crippen molar-refractivity contribution >= 4 is 6.03 Å². The van der Waals surface area contributed by atoms with Gasteiger partial charge >= 0.3 is 6.03 Å². The van der Waals surface area contributed by atoms with E-state index >= 15 is 0 Å². The maximum absolute atomic E-state index is 9.71. The summed E-state index contributed by atoms with van der Waals surface area (Å²) in [6, 6.07) is -0.602. The number of hydrogen-bond donors (Lipinski definition) is 4. The molecule has 0 spiro atoms. The number of rotatable bonds is 0. The number of nitrogens with two attached hydrogens (primary N) is 2. The molecule has 6 N–H and O–H groups in total. The van der Waals surface area contributed by atoms with Gasteiger partial charge in [0.1, 0.15) is 0 Å². The molecule has 0 aromatic heterocycles. The van der Waals surface area contributed by atoms with Crippen molar-refractivity contribution in [3.63, 3.8) is 0 Å². The Bertz CT molecular complexity index is 47.7. The van der Waals surface area contributed by atoms with E-state index in [4.69, 9.17) is 0 Å². The lowest BCUT2D eigenvalue weighted by Gasteiger charge is -1.90. The van der Waals surface area contributed by atoms with E-state index in [1.807, 2.05) is 0 Å². The number of hydrogen-bond acceptors (Lipinski definition) is 3. The van der Waals surface area contributed by atoms with Crippen LogP contribution in [0.2, 0.25) is 0 Å². The highest BCUT2D eigenvalue weighted by Gasteiger charge is 1.82. The summed E-state index contributed by atoms with van der Waals surface area (Å²) in [6.45, 7) is 0. The Hall–Kier alpha value is -0.810. The van der Waals surface area contributed by atoms with Crippen LogP contribution in [0.5, 0.6) is 0 Å². The minimum absolute atomic E-state index is 0. The summed E-state index contributed by atoms with van der Waals surface area (Å²) >= 11 is 0. The van der Waals surface area contributed by atoms with Crippen LogP contribution in [0.25, 0.3) is 0 Å². The van der Waals surface area contributed by atoms with Crippen LogP contribution in [0.15, 0.2) is 0 Å². The fourth-order valence-corrected chi connectivity index (χ4v) is 0.0417. The molecule has 0 unspecified atom stereocenters. The van der Waals surface area contributed by atoms with Gasteiger partial charge in [0.25, 0.3) is 0 Å². The van der Waals surface area contributed by atoms with E-state index in [1.54, 1.807) is 10.9 Å². The molecule has 4 radical (unpaired) electrons. The minimum Gasteiger partial charge on any atom is -0.275 e. The predicted octanol–water partition coefficient (Wildman–Crippen LogP) is -1.89. The van der Waals surface area contributed by atoms with Crippen molar-refractivity contribution in [1.82, 2.24) is 10.9 Å². The lowest BCUT2D eigenvalue weighted by atomic mass is 11.1. The molecule has 2 amide bonds. The van der Waals surface area contributed by atoms with Crippen LogP contribution in [0.4, 0.5) is 4.79 Å². The van der Waals surface area contributed by atoms with Gasteiger partial charge in [-0.05, 0) is 0 Å². The number of urea groups is 1. The normalized spacial score (nSPS) is 6.00. The van der Waals surface area contributed by atoms with Crippen LogP contribution in [0.1, 0.15) is 0 Å². The molecule has 0 aliphatic rings. The molecular weight excluding hydrogens is 96.0 g/mol. The second-order valence-corrected chi connectivity index (χ2v) is 0.618. The van der Waals surface area contributed by atoms with E-state index in [9.17, 15) is 4.79 Å². The molecule has 5 heteroatoms. The van der Waals surface area contributed by atoms with Crippen molar-refractivity contribution in [2.24, 2.45) is 11.7 Å². The maximum atomic E-state index is 9.71. The van der Waals surface area contributed by atoms with E-state index < -0.39 is 6.03 Å². The molecule has 0 rings (SSSR count). The average Bonchev–Trinajstić information content (AvgIpc) is 1.65. The van der Waals surface area contributed by atoms with Crippen LogP contribution in [-0.2, 0) is 0 Å². The molecule has 0 aromatic carbocycles. The van der Waals surface area contributed by atoms with Crippen molar-refractivity contribution in [3.8, 4) is 0 Å². The number of carbonyl (C=O) groups is 1. The quantitative estimate of drug-likeness (QED) is 0.164. The Morgan fingerprint density at radius 1 is 1.29 bits per heavy atom. The molecule has 7 heavy (non-hydrogen) atoms. The Labute approximate surface area is 42.0 Å². The van der Waals surface area contributed by atoms with E-state index in [-0.39, 0.29) is 7.43 Å². The number of hydrazine groups is 2. The Kier molecular flexibility index (Phi) is 7.04. The van der Waals surface area contributed by atoms with Crippen molar-refractivity contribution in [2.75, 3.05) is 0 Å². The largest absolute Gasteiger partial charge is 0.343 e. The Morgan fingerprint density at radius 2 is 1.57 bits per heavy atom. The SMILES string of the molecule is NNC(=O)NN.[C]. The van der Waals surface area contributed by atoms with Crippen molar-refractivity contribution in [2.45, 2.75) is 0 Å². The molecule has 0 aromatic rings. The summed E-state index contributed by atoms with van der Waals surface area (Å²) in [5.74, 6) is 9.08. The fraction of sp³-hybridized carbons (Fsp3) is 0. The monoisotopic (exact) mass is 102 g/mol. The van der Waals surface area contributed by atoms with Gasteiger partial charge in [-0.15, -0.1) is 0 Å². The van der Waals surface area contributed by atoms with Gasteiger partial charge < -0.3 is 0 Å². The topological polar surface area (TPSA) is 93.2 Å². The van der Waals surface area contributed by atoms with Gasteiger partial charge in [0.05, 0.1) is 0 Å². The molecule has 0 fully saturated rings. The van der Waals surface area contributed by atoms with Gasteiger partial charge in [0, 0.05) is 7.43 Å². The fourth-order valence-electron chi connectivity index (χ4n) is 0.0417. The molecule has 0 bridgehead atoms. The zero-order valence-corrected chi connectivity index (χ0v) is 3.56. The molecule has 40 valence electrons. The van der Waals surface area contributed by atoms with Crippen molar-refractivity contribution in [1.29, 1.82) is 0 Å². The van der Waals surface area contributed by atoms with Gasteiger partial charge in [0.2, 0.25) is 0 Å². The lowest BCUT2D eigenvalue weighted by Crippen LogP contribution is -2.43. The molecule has 0 heterocycles. The van der Waals surface area contributed by atoms with E-state index in [1.165, 1.54) is 0 Å². The van der Waals surface area contributed by atoms with Crippen LogP contribution in [0.3, 0.4) is 0 Å². The zero-order valence-electron chi connectivity index (χ0n) is 3.56. The molecule has 0 aliphatic carbocycles. The minimum atomic E-state index is -0.602. The first kappa shape index (κ1) is 9.50.